The van der Waals surface area contributed by atoms with Crippen LogP contribution in [-0.2, 0) is 6.42 Å². The second-order valence-corrected chi connectivity index (χ2v) is 6.86. The summed E-state index contributed by atoms with van der Waals surface area (Å²) in [6, 6.07) is 2.40. The average Bonchev–Trinajstić information content (AvgIpc) is 3.04. The predicted octanol–water partition coefficient (Wildman–Crippen LogP) is 4.94. The first-order valence-electron chi connectivity index (χ1n) is 8.05. The molecule has 2 aromatic rings. The number of aromatic nitrogens is 1. The highest BCUT2D eigenvalue weighted by molar-refractivity contribution is 7.08. The lowest BCUT2D eigenvalue weighted by Gasteiger charge is -2.16. The van der Waals surface area contributed by atoms with Crippen molar-refractivity contribution in [1.82, 2.24) is 4.57 Å². The quantitative estimate of drug-likeness (QED) is 0.722. The van der Waals surface area contributed by atoms with Gasteiger partial charge < -0.3 is 10.3 Å². The van der Waals surface area contributed by atoms with Crippen molar-refractivity contribution in [3.8, 4) is 11.1 Å². The van der Waals surface area contributed by atoms with Gasteiger partial charge in [0.05, 0.1) is 5.56 Å². The molecule has 22 heavy (non-hydrogen) atoms. The molecule has 2 aromatic heterocycles. The molecule has 0 aliphatic heterocycles. The number of nitrogens with zero attached hydrogens (tertiary/aromatic N) is 1. The Hall–Kier alpha value is -1.55. The molecule has 0 saturated heterocycles. The molecule has 2 N–H and O–H groups in total. The summed E-state index contributed by atoms with van der Waals surface area (Å²) in [6.45, 7) is 8.55. The Labute approximate surface area is 137 Å². The lowest BCUT2D eigenvalue weighted by Crippen LogP contribution is -2.14. The Morgan fingerprint density at radius 2 is 2.09 bits per heavy atom. The number of hydrogen-bond donors (Lipinski definition) is 1. The highest BCUT2D eigenvalue weighted by Crippen LogP contribution is 2.36. The van der Waals surface area contributed by atoms with Gasteiger partial charge in [-0.25, -0.2) is 0 Å². The van der Waals surface area contributed by atoms with E-state index < -0.39 is 0 Å². The Bertz CT molecular complexity index is 639. The van der Waals surface area contributed by atoms with E-state index in [1.54, 1.807) is 11.3 Å². The van der Waals surface area contributed by atoms with Gasteiger partial charge in [0.2, 0.25) is 0 Å². The number of carbonyl (C=O) groups excluding carboxylic acids is 1. The fraction of sp³-hybridized carbons (Fsp3) is 0.500. The molecular formula is C18H26N2OS. The largest absolute Gasteiger partial charge is 0.366 e. The molecular weight excluding hydrogens is 292 g/mol. The van der Waals surface area contributed by atoms with Crippen molar-refractivity contribution in [3.05, 3.63) is 33.8 Å². The maximum atomic E-state index is 12.1. The second kappa shape index (κ2) is 7.14. The van der Waals surface area contributed by atoms with Crippen LogP contribution in [-0.4, -0.2) is 10.5 Å². The second-order valence-electron chi connectivity index (χ2n) is 6.08. The maximum Gasteiger partial charge on any atom is 0.251 e. The highest BCUT2D eigenvalue weighted by atomic mass is 32.1. The third kappa shape index (κ3) is 3.12. The summed E-state index contributed by atoms with van der Waals surface area (Å²) < 4.78 is 2.29. The molecule has 2 heterocycles. The minimum atomic E-state index is -0.324. The van der Waals surface area contributed by atoms with Crippen LogP contribution in [0.25, 0.3) is 11.1 Å². The number of thiophene rings is 1. The number of primary amides is 1. The molecule has 0 aromatic carbocycles. The smallest absolute Gasteiger partial charge is 0.251 e. The Kier molecular flexibility index (Phi) is 5.46. The van der Waals surface area contributed by atoms with E-state index in [9.17, 15) is 4.79 Å². The minimum Gasteiger partial charge on any atom is -0.366 e. The molecule has 3 nitrogen and oxygen atoms in total. The lowest BCUT2D eigenvalue weighted by molar-refractivity contribution is 0.1000. The number of hydrogen-bond acceptors (Lipinski definition) is 2. The van der Waals surface area contributed by atoms with Gasteiger partial charge in [-0.2, -0.15) is 11.3 Å². The van der Waals surface area contributed by atoms with Crippen LogP contribution in [0.5, 0.6) is 0 Å². The van der Waals surface area contributed by atoms with E-state index in [2.05, 4.69) is 42.2 Å². The molecule has 0 aliphatic carbocycles. The third-order valence-electron chi connectivity index (χ3n) is 4.14. The molecule has 0 bridgehead atoms. The molecule has 1 amide bonds. The SMILES string of the molecule is CCCCCc1c(-c2ccsc2)c(C(N)=O)c(C)n1C(C)C. The Morgan fingerprint density at radius 3 is 2.59 bits per heavy atom. The van der Waals surface area contributed by atoms with Crippen LogP contribution >= 0.6 is 11.3 Å². The van der Waals surface area contributed by atoms with E-state index >= 15 is 0 Å². The van der Waals surface area contributed by atoms with E-state index in [1.807, 2.05) is 6.92 Å². The summed E-state index contributed by atoms with van der Waals surface area (Å²) in [5, 5.41) is 4.16. The molecule has 0 atom stereocenters. The zero-order chi connectivity index (χ0) is 16.3. The first-order valence-corrected chi connectivity index (χ1v) is 8.99. The van der Waals surface area contributed by atoms with Gasteiger partial charge in [0.1, 0.15) is 0 Å². The molecule has 0 saturated carbocycles. The van der Waals surface area contributed by atoms with E-state index in [4.69, 9.17) is 5.73 Å². The van der Waals surface area contributed by atoms with Gasteiger partial charge in [0.15, 0.2) is 0 Å². The fourth-order valence-electron chi connectivity index (χ4n) is 3.27. The number of unbranched alkanes of at least 4 members (excludes halogenated alkanes) is 2. The van der Waals surface area contributed by atoms with Gasteiger partial charge in [-0.3, -0.25) is 4.79 Å². The summed E-state index contributed by atoms with van der Waals surface area (Å²) in [7, 11) is 0. The number of carbonyl (C=O) groups is 1. The molecule has 0 fully saturated rings. The zero-order valence-electron chi connectivity index (χ0n) is 14.0. The molecule has 0 radical (unpaired) electrons. The van der Waals surface area contributed by atoms with Crippen LogP contribution in [0.2, 0.25) is 0 Å². The van der Waals surface area contributed by atoms with Crippen LogP contribution in [0.15, 0.2) is 16.8 Å². The van der Waals surface area contributed by atoms with E-state index in [-0.39, 0.29) is 5.91 Å². The van der Waals surface area contributed by atoms with Gasteiger partial charge in [-0.15, -0.1) is 0 Å². The molecule has 0 aliphatic rings. The van der Waals surface area contributed by atoms with Crippen molar-refractivity contribution in [2.75, 3.05) is 0 Å². The summed E-state index contributed by atoms with van der Waals surface area (Å²) in [5.74, 6) is -0.324. The summed E-state index contributed by atoms with van der Waals surface area (Å²) in [4.78, 5) is 12.1. The third-order valence-corrected chi connectivity index (χ3v) is 4.83. The number of amides is 1. The van der Waals surface area contributed by atoms with Gasteiger partial charge in [-0.05, 0) is 56.0 Å². The molecule has 2 rings (SSSR count). The topological polar surface area (TPSA) is 48.0 Å². The van der Waals surface area contributed by atoms with Gasteiger partial charge in [-0.1, -0.05) is 19.8 Å². The summed E-state index contributed by atoms with van der Waals surface area (Å²) in [6.07, 6.45) is 4.53. The standard InChI is InChI=1S/C18H26N2OS/c1-5-6-7-8-15-17(14-9-10-22-11-14)16(18(19)21)13(4)20(15)12(2)3/h9-12H,5-8H2,1-4H3,(H2,19,21). The highest BCUT2D eigenvalue weighted by Gasteiger charge is 2.25. The molecule has 4 heteroatoms. The van der Waals surface area contributed by atoms with Gasteiger partial charge in [0.25, 0.3) is 5.91 Å². The van der Waals surface area contributed by atoms with Crippen molar-refractivity contribution < 1.29 is 4.79 Å². The van der Waals surface area contributed by atoms with Crippen LogP contribution in [0.1, 0.15) is 67.8 Å². The molecule has 120 valence electrons. The van der Waals surface area contributed by atoms with Crippen molar-refractivity contribution in [2.24, 2.45) is 5.73 Å². The van der Waals surface area contributed by atoms with Crippen LogP contribution in [0.3, 0.4) is 0 Å². The monoisotopic (exact) mass is 318 g/mol. The summed E-state index contributed by atoms with van der Waals surface area (Å²) >= 11 is 1.65. The van der Waals surface area contributed by atoms with Crippen molar-refractivity contribution in [2.45, 2.75) is 59.4 Å². The Balaban J connectivity index is 2.65. The normalized spacial score (nSPS) is 11.3. The van der Waals surface area contributed by atoms with Gasteiger partial charge >= 0.3 is 0 Å². The average molecular weight is 318 g/mol. The summed E-state index contributed by atoms with van der Waals surface area (Å²) in [5.41, 5.74) is 10.8. The zero-order valence-corrected chi connectivity index (χ0v) is 14.8. The van der Waals surface area contributed by atoms with Crippen molar-refractivity contribution >= 4 is 17.2 Å². The van der Waals surface area contributed by atoms with Crippen molar-refractivity contribution in [3.63, 3.8) is 0 Å². The van der Waals surface area contributed by atoms with Crippen molar-refractivity contribution in [1.29, 1.82) is 0 Å². The Morgan fingerprint density at radius 1 is 1.36 bits per heavy atom. The first-order chi connectivity index (χ1) is 10.5. The first kappa shape index (κ1) is 16.8. The van der Waals surface area contributed by atoms with Crippen LogP contribution < -0.4 is 5.73 Å². The van der Waals surface area contributed by atoms with Crippen LogP contribution in [0.4, 0.5) is 0 Å². The maximum absolute atomic E-state index is 12.1. The van der Waals surface area contributed by atoms with E-state index in [1.165, 1.54) is 18.5 Å². The number of nitrogens with two attached hydrogens (primary N) is 1. The fourth-order valence-corrected chi connectivity index (χ4v) is 3.92. The lowest BCUT2D eigenvalue weighted by atomic mass is 9.99. The van der Waals surface area contributed by atoms with Gasteiger partial charge in [0, 0.05) is 23.0 Å². The van der Waals surface area contributed by atoms with Crippen LogP contribution in [0, 0.1) is 6.92 Å². The molecule has 0 spiro atoms. The predicted molar refractivity (Wildman–Crippen MR) is 94.6 cm³/mol. The van der Waals surface area contributed by atoms with E-state index in [0.29, 0.717) is 11.6 Å². The minimum absolute atomic E-state index is 0.321. The number of rotatable bonds is 7. The van der Waals surface area contributed by atoms with E-state index in [0.717, 1.165) is 29.7 Å². The molecule has 0 unspecified atom stereocenters.